The van der Waals surface area contributed by atoms with E-state index in [1.54, 1.807) is 12.1 Å². The van der Waals surface area contributed by atoms with Crippen molar-refractivity contribution in [3.05, 3.63) is 71.5 Å². The summed E-state index contributed by atoms with van der Waals surface area (Å²) in [7, 11) is 0. The summed E-state index contributed by atoms with van der Waals surface area (Å²) < 4.78 is 18.9. The molecule has 4 nitrogen and oxygen atoms in total. The molecule has 1 saturated heterocycles. The van der Waals surface area contributed by atoms with Gasteiger partial charge in [-0.05, 0) is 37.1 Å². The van der Waals surface area contributed by atoms with E-state index in [4.69, 9.17) is 4.74 Å². The molecule has 1 aliphatic rings. The minimum Gasteiger partial charge on any atom is -0.370 e. The van der Waals surface area contributed by atoms with Crippen LogP contribution in [-0.2, 0) is 16.1 Å². The van der Waals surface area contributed by atoms with Crippen LogP contribution in [0, 0.1) is 5.82 Å². The smallest absolute Gasteiger partial charge is 0.236 e. The first-order chi connectivity index (χ1) is 13.0. The molecule has 5 heteroatoms. The maximum Gasteiger partial charge on any atom is 0.236 e. The van der Waals surface area contributed by atoms with Crippen molar-refractivity contribution < 1.29 is 13.9 Å². The third kappa shape index (κ3) is 5.37. The Morgan fingerprint density at radius 1 is 1.19 bits per heavy atom. The van der Waals surface area contributed by atoms with Gasteiger partial charge in [0.25, 0.3) is 0 Å². The monoisotopic (exact) mass is 370 g/mol. The third-order valence-electron chi connectivity index (χ3n) is 4.96. The molecule has 0 radical (unpaired) electrons. The van der Waals surface area contributed by atoms with Gasteiger partial charge in [0.1, 0.15) is 11.9 Å². The Morgan fingerprint density at radius 2 is 1.89 bits per heavy atom. The van der Waals surface area contributed by atoms with Crippen LogP contribution in [0.5, 0.6) is 0 Å². The largest absolute Gasteiger partial charge is 0.370 e. The van der Waals surface area contributed by atoms with Gasteiger partial charge in [-0.2, -0.15) is 0 Å². The Labute approximate surface area is 160 Å². The highest BCUT2D eigenvalue weighted by Gasteiger charge is 2.27. The fourth-order valence-corrected chi connectivity index (χ4v) is 3.27. The first kappa shape index (κ1) is 19.5. The number of carbonyl (C=O) groups is 1. The Morgan fingerprint density at radius 3 is 2.56 bits per heavy atom. The summed E-state index contributed by atoms with van der Waals surface area (Å²) in [5, 5.41) is 0. The van der Waals surface area contributed by atoms with Gasteiger partial charge in [0.2, 0.25) is 5.91 Å². The van der Waals surface area contributed by atoms with Crippen LogP contribution in [0.1, 0.15) is 31.1 Å². The summed E-state index contributed by atoms with van der Waals surface area (Å²) >= 11 is 0. The number of rotatable bonds is 6. The fourth-order valence-electron chi connectivity index (χ4n) is 3.27. The summed E-state index contributed by atoms with van der Waals surface area (Å²) in [5.41, 5.74) is 2.10. The number of hydrogen-bond donors (Lipinski definition) is 0. The van der Waals surface area contributed by atoms with Crippen LogP contribution in [-0.4, -0.2) is 48.0 Å². The van der Waals surface area contributed by atoms with E-state index in [1.165, 1.54) is 17.7 Å². The van der Waals surface area contributed by atoms with Crippen molar-refractivity contribution in [1.29, 1.82) is 0 Å². The van der Waals surface area contributed by atoms with Crippen molar-refractivity contribution in [3.63, 3.8) is 0 Å². The zero-order chi connectivity index (χ0) is 19.2. The van der Waals surface area contributed by atoms with Gasteiger partial charge in [-0.25, -0.2) is 4.39 Å². The Kier molecular flexibility index (Phi) is 6.58. The molecule has 1 unspecified atom stereocenters. The van der Waals surface area contributed by atoms with Crippen LogP contribution in [0.4, 0.5) is 4.39 Å². The number of amides is 1. The summed E-state index contributed by atoms with van der Waals surface area (Å²) in [4.78, 5) is 16.9. The van der Waals surface area contributed by atoms with Crippen LogP contribution >= 0.6 is 0 Å². The zero-order valence-electron chi connectivity index (χ0n) is 16.0. The van der Waals surface area contributed by atoms with Crippen molar-refractivity contribution in [2.24, 2.45) is 0 Å². The van der Waals surface area contributed by atoms with Gasteiger partial charge in [-0.15, -0.1) is 0 Å². The topological polar surface area (TPSA) is 32.8 Å². The average molecular weight is 370 g/mol. The standard InChI is InChI=1S/C22H27FN2O2/c1-17(2)25(14-18-6-4-3-5-7-18)16-22(26)24-12-13-27-21(15-24)19-8-10-20(23)11-9-19/h3-11,17,21H,12-16H2,1-2H3. The molecule has 1 atom stereocenters. The molecule has 0 saturated carbocycles. The highest BCUT2D eigenvalue weighted by atomic mass is 19.1. The number of nitrogens with zero attached hydrogens (tertiary/aromatic N) is 2. The molecule has 1 fully saturated rings. The van der Waals surface area contributed by atoms with E-state index in [1.807, 2.05) is 23.1 Å². The number of morpholine rings is 1. The van der Waals surface area contributed by atoms with E-state index in [-0.39, 0.29) is 23.9 Å². The Balaban J connectivity index is 1.62. The van der Waals surface area contributed by atoms with Gasteiger partial charge in [0, 0.05) is 19.1 Å². The van der Waals surface area contributed by atoms with Crippen molar-refractivity contribution in [2.45, 2.75) is 32.5 Å². The van der Waals surface area contributed by atoms with E-state index < -0.39 is 0 Å². The lowest BCUT2D eigenvalue weighted by molar-refractivity contribution is -0.140. The van der Waals surface area contributed by atoms with Crippen LogP contribution in [0.3, 0.4) is 0 Å². The quantitative estimate of drug-likeness (QED) is 0.778. The van der Waals surface area contributed by atoms with Gasteiger partial charge in [-0.1, -0.05) is 42.5 Å². The Hall–Kier alpha value is -2.24. The number of halogens is 1. The summed E-state index contributed by atoms with van der Waals surface area (Å²) in [6.07, 6.45) is -0.204. The van der Waals surface area contributed by atoms with Crippen LogP contribution in [0.2, 0.25) is 0 Å². The molecular weight excluding hydrogens is 343 g/mol. The number of benzene rings is 2. The molecule has 0 N–H and O–H groups in total. The maximum absolute atomic E-state index is 13.1. The molecule has 27 heavy (non-hydrogen) atoms. The van der Waals surface area contributed by atoms with Crippen molar-refractivity contribution in [2.75, 3.05) is 26.2 Å². The molecule has 1 heterocycles. The third-order valence-corrected chi connectivity index (χ3v) is 4.96. The van der Waals surface area contributed by atoms with Crippen molar-refractivity contribution in [1.82, 2.24) is 9.80 Å². The second-order valence-corrected chi connectivity index (χ2v) is 7.24. The highest BCUT2D eigenvalue weighted by Crippen LogP contribution is 2.23. The molecule has 0 bridgehead atoms. The number of hydrogen-bond acceptors (Lipinski definition) is 3. The van der Waals surface area contributed by atoms with Crippen LogP contribution in [0.25, 0.3) is 0 Å². The zero-order valence-corrected chi connectivity index (χ0v) is 16.0. The number of carbonyl (C=O) groups excluding carboxylic acids is 1. The van der Waals surface area contributed by atoms with Gasteiger partial charge in [0.05, 0.1) is 19.7 Å². The molecule has 0 spiro atoms. The van der Waals surface area contributed by atoms with Crippen molar-refractivity contribution in [3.8, 4) is 0 Å². The average Bonchev–Trinajstić information content (AvgIpc) is 2.69. The summed E-state index contributed by atoms with van der Waals surface area (Å²) in [6, 6.07) is 16.8. The van der Waals surface area contributed by atoms with E-state index in [0.717, 1.165) is 12.1 Å². The Bertz CT molecular complexity index is 734. The van der Waals surface area contributed by atoms with E-state index in [0.29, 0.717) is 26.2 Å². The molecular formula is C22H27FN2O2. The van der Waals surface area contributed by atoms with Crippen LogP contribution < -0.4 is 0 Å². The predicted molar refractivity (Wildman–Crippen MR) is 104 cm³/mol. The first-order valence-electron chi connectivity index (χ1n) is 9.45. The minimum atomic E-state index is -0.268. The fraction of sp³-hybridized carbons (Fsp3) is 0.409. The molecule has 2 aromatic rings. The molecule has 144 valence electrons. The summed E-state index contributed by atoms with van der Waals surface area (Å²) in [6.45, 7) is 6.93. The van der Waals surface area contributed by atoms with Crippen LogP contribution in [0.15, 0.2) is 54.6 Å². The molecule has 3 rings (SSSR count). The molecule has 1 amide bonds. The minimum absolute atomic E-state index is 0.107. The van der Waals surface area contributed by atoms with Gasteiger partial charge >= 0.3 is 0 Å². The van der Waals surface area contributed by atoms with E-state index in [2.05, 4.69) is 30.9 Å². The van der Waals surface area contributed by atoms with E-state index in [9.17, 15) is 9.18 Å². The van der Waals surface area contributed by atoms with Crippen molar-refractivity contribution >= 4 is 5.91 Å². The first-order valence-corrected chi connectivity index (χ1v) is 9.45. The SMILES string of the molecule is CC(C)N(CC(=O)N1CCOC(c2ccc(F)cc2)C1)Cc1ccccc1. The second kappa shape index (κ2) is 9.11. The molecule has 1 aliphatic heterocycles. The lowest BCUT2D eigenvalue weighted by Gasteiger charge is -2.35. The lowest BCUT2D eigenvalue weighted by Crippen LogP contribution is -2.47. The van der Waals surface area contributed by atoms with Gasteiger partial charge in [-0.3, -0.25) is 9.69 Å². The second-order valence-electron chi connectivity index (χ2n) is 7.24. The predicted octanol–water partition coefficient (Wildman–Crippen LogP) is 3.64. The maximum atomic E-state index is 13.1. The molecule has 2 aromatic carbocycles. The number of ether oxygens (including phenoxy) is 1. The van der Waals surface area contributed by atoms with E-state index >= 15 is 0 Å². The molecule has 0 aromatic heterocycles. The molecule has 0 aliphatic carbocycles. The normalized spacial score (nSPS) is 17.5. The van der Waals surface area contributed by atoms with Gasteiger partial charge < -0.3 is 9.64 Å². The lowest BCUT2D eigenvalue weighted by atomic mass is 10.1. The summed E-state index contributed by atoms with van der Waals surface area (Å²) in [5.74, 6) is -0.161. The highest BCUT2D eigenvalue weighted by molar-refractivity contribution is 5.78. The van der Waals surface area contributed by atoms with Gasteiger partial charge in [0.15, 0.2) is 0 Å².